The van der Waals surface area contributed by atoms with Crippen molar-refractivity contribution in [1.82, 2.24) is 0 Å². The van der Waals surface area contributed by atoms with Crippen LogP contribution in [0.15, 0.2) is 18.2 Å². The van der Waals surface area contributed by atoms with Gasteiger partial charge in [-0.3, -0.25) is 0 Å². The molecule has 1 heterocycles. The van der Waals surface area contributed by atoms with Gasteiger partial charge < -0.3 is 24.1 Å². The molecule has 1 aromatic rings. The van der Waals surface area contributed by atoms with Crippen LogP contribution in [-0.2, 0) is 9.47 Å². The zero-order chi connectivity index (χ0) is 21.8. The van der Waals surface area contributed by atoms with Gasteiger partial charge in [0.25, 0.3) is 0 Å². The van der Waals surface area contributed by atoms with E-state index in [1.165, 1.54) is 7.11 Å². The van der Waals surface area contributed by atoms with Gasteiger partial charge in [-0.25, -0.2) is 4.79 Å². The van der Waals surface area contributed by atoms with Gasteiger partial charge in [-0.05, 0) is 68.6 Å². The van der Waals surface area contributed by atoms with Gasteiger partial charge in [0.2, 0.25) is 0 Å². The van der Waals surface area contributed by atoms with Crippen LogP contribution < -0.4 is 9.47 Å². The molecule has 1 N–H and O–H groups in total. The number of hydrogen-bond acceptors (Lipinski definition) is 6. The summed E-state index contributed by atoms with van der Waals surface area (Å²) >= 11 is 0. The van der Waals surface area contributed by atoms with Crippen LogP contribution >= 0.6 is 0 Å². The van der Waals surface area contributed by atoms with Crippen LogP contribution in [-0.4, -0.2) is 48.7 Å². The summed E-state index contributed by atoms with van der Waals surface area (Å²) in [5, 5.41) is 11.4. The van der Waals surface area contributed by atoms with Gasteiger partial charge >= 0.3 is 5.97 Å². The van der Waals surface area contributed by atoms with Crippen molar-refractivity contribution in [3.63, 3.8) is 0 Å². The zero-order valence-electron chi connectivity index (χ0n) is 18.8. The summed E-state index contributed by atoms with van der Waals surface area (Å²) < 4.78 is 22.6. The van der Waals surface area contributed by atoms with E-state index in [0.29, 0.717) is 29.4 Å². The lowest BCUT2D eigenvalue weighted by atomic mass is 9.76. The molecule has 3 fully saturated rings. The maximum Gasteiger partial charge on any atom is 0.338 e. The van der Waals surface area contributed by atoms with E-state index in [2.05, 4.69) is 20.8 Å². The van der Waals surface area contributed by atoms with Crippen LogP contribution in [0.3, 0.4) is 0 Å². The van der Waals surface area contributed by atoms with Gasteiger partial charge in [-0.15, -0.1) is 0 Å². The van der Waals surface area contributed by atoms with Gasteiger partial charge in [-0.1, -0.05) is 13.8 Å². The Balaban J connectivity index is 1.58. The van der Waals surface area contributed by atoms with E-state index >= 15 is 0 Å². The Labute approximate surface area is 178 Å². The fraction of sp³-hybridized carbons (Fsp3) is 0.708. The Morgan fingerprint density at radius 1 is 1.13 bits per heavy atom. The van der Waals surface area contributed by atoms with Gasteiger partial charge in [0.15, 0.2) is 11.5 Å². The Kier molecular flexibility index (Phi) is 5.30. The van der Waals surface area contributed by atoms with Crippen LogP contribution in [0.4, 0.5) is 0 Å². The van der Waals surface area contributed by atoms with Crippen molar-refractivity contribution in [3.05, 3.63) is 23.8 Å². The molecule has 1 aliphatic heterocycles. The Morgan fingerprint density at radius 3 is 2.47 bits per heavy atom. The molecule has 7 atom stereocenters. The second-order valence-electron chi connectivity index (χ2n) is 9.96. The number of rotatable bonds is 5. The lowest BCUT2D eigenvalue weighted by molar-refractivity contribution is -0.0657. The lowest BCUT2D eigenvalue weighted by Gasteiger charge is -2.35. The summed E-state index contributed by atoms with van der Waals surface area (Å²) in [7, 11) is 3.10. The van der Waals surface area contributed by atoms with Gasteiger partial charge in [0, 0.05) is 6.42 Å². The number of carbonyl (C=O) groups excluding carboxylic acids is 1. The van der Waals surface area contributed by atoms with Crippen molar-refractivity contribution in [3.8, 4) is 11.5 Å². The molecule has 0 aromatic heterocycles. The standard InChI is InChI=1S/C24H34O6/c1-13(2)15-10-17-16(11-21-24(17,4)30-21)23(3,26)12-20(15)29-22(25)14-7-8-18(27-5)19(9-14)28-6/h7-9,13,15-17,20-21,26H,10-12H2,1-6H3. The first-order chi connectivity index (χ1) is 14.1. The van der Waals surface area contributed by atoms with Gasteiger partial charge in [0.1, 0.15) is 6.10 Å². The van der Waals surface area contributed by atoms with Crippen molar-refractivity contribution >= 4 is 5.97 Å². The van der Waals surface area contributed by atoms with Crippen LogP contribution in [0.1, 0.15) is 57.3 Å². The molecule has 4 rings (SSSR count). The van der Waals surface area contributed by atoms with E-state index in [9.17, 15) is 9.90 Å². The van der Waals surface area contributed by atoms with Crippen molar-refractivity contribution in [1.29, 1.82) is 0 Å². The number of benzene rings is 1. The van der Waals surface area contributed by atoms with Gasteiger partial charge in [-0.2, -0.15) is 0 Å². The smallest absolute Gasteiger partial charge is 0.338 e. The number of ether oxygens (including phenoxy) is 4. The number of epoxide rings is 1. The van der Waals surface area contributed by atoms with Crippen LogP contribution in [0.25, 0.3) is 0 Å². The molecule has 3 aliphatic rings. The topological polar surface area (TPSA) is 77.5 Å². The molecule has 6 heteroatoms. The first kappa shape index (κ1) is 21.4. The predicted octanol–water partition coefficient (Wildman–Crippen LogP) is 3.84. The van der Waals surface area contributed by atoms with E-state index in [1.807, 2.05) is 6.92 Å². The normalized spacial score (nSPS) is 39.7. The molecule has 2 aliphatic carbocycles. The monoisotopic (exact) mass is 418 g/mol. The average molecular weight is 419 g/mol. The molecule has 0 radical (unpaired) electrons. The highest BCUT2D eigenvalue weighted by atomic mass is 16.6. The second-order valence-corrected chi connectivity index (χ2v) is 9.96. The predicted molar refractivity (Wildman–Crippen MR) is 112 cm³/mol. The zero-order valence-corrected chi connectivity index (χ0v) is 18.8. The summed E-state index contributed by atoms with van der Waals surface area (Å²) in [5.41, 5.74) is -0.613. The molecule has 30 heavy (non-hydrogen) atoms. The molecule has 0 spiro atoms. The number of hydrogen-bond donors (Lipinski definition) is 1. The lowest BCUT2D eigenvalue weighted by Crippen LogP contribution is -2.41. The van der Waals surface area contributed by atoms with Crippen molar-refractivity contribution < 1.29 is 28.8 Å². The molecule has 0 bridgehead atoms. The van der Waals surface area contributed by atoms with Crippen molar-refractivity contribution in [2.45, 2.75) is 70.4 Å². The third-order valence-electron chi connectivity index (χ3n) is 7.82. The highest BCUT2D eigenvalue weighted by Gasteiger charge is 2.69. The summed E-state index contributed by atoms with van der Waals surface area (Å²) in [6.07, 6.45) is 2.13. The first-order valence-corrected chi connectivity index (χ1v) is 10.9. The minimum absolute atomic E-state index is 0.135. The molecular weight excluding hydrogens is 384 g/mol. The van der Waals surface area contributed by atoms with Gasteiger partial charge in [0.05, 0.1) is 37.1 Å². The molecule has 2 saturated carbocycles. The molecule has 1 saturated heterocycles. The quantitative estimate of drug-likeness (QED) is 0.578. The Morgan fingerprint density at radius 2 is 1.83 bits per heavy atom. The maximum absolute atomic E-state index is 13.0. The van der Waals surface area contributed by atoms with E-state index in [0.717, 1.165) is 12.8 Å². The number of carbonyl (C=O) groups is 1. The Hall–Kier alpha value is -1.79. The number of aliphatic hydroxyl groups is 1. The van der Waals surface area contributed by atoms with Crippen molar-refractivity contribution in [2.24, 2.45) is 23.7 Å². The third-order valence-corrected chi connectivity index (χ3v) is 7.82. The van der Waals surface area contributed by atoms with Crippen LogP contribution in [0.5, 0.6) is 11.5 Å². The highest BCUT2D eigenvalue weighted by molar-refractivity contribution is 5.90. The Bertz CT molecular complexity index is 818. The maximum atomic E-state index is 13.0. The largest absolute Gasteiger partial charge is 0.493 e. The van der Waals surface area contributed by atoms with Crippen LogP contribution in [0, 0.1) is 23.7 Å². The van der Waals surface area contributed by atoms with E-state index in [-0.39, 0.29) is 35.6 Å². The fourth-order valence-electron chi connectivity index (χ4n) is 5.92. The molecule has 7 unspecified atom stereocenters. The molecule has 0 amide bonds. The summed E-state index contributed by atoms with van der Waals surface area (Å²) in [6.45, 7) is 8.41. The third kappa shape index (κ3) is 3.48. The highest BCUT2D eigenvalue weighted by Crippen LogP contribution is 2.63. The molecule has 166 valence electrons. The second kappa shape index (κ2) is 7.41. The molecular formula is C24H34O6. The summed E-state index contributed by atoms with van der Waals surface area (Å²) in [5.74, 6) is 1.59. The molecule has 6 nitrogen and oxygen atoms in total. The van der Waals surface area contributed by atoms with E-state index in [1.54, 1.807) is 25.3 Å². The number of fused-ring (bicyclic) bond motifs is 3. The fourth-order valence-corrected chi connectivity index (χ4v) is 5.92. The summed E-state index contributed by atoms with van der Waals surface area (Å²) in [4.78, 5) is 13.0. The average Bonchev–Trinajstić information content (AvgIpc) is 3.30. The first-order valence-electron chi connectivity index (χ1n) is 10.9. The van der Waals surface area contributed by atoms with Crippen molar-refractivity contribution in [2.75, 3.05) is 14.2 Å². The van der Waals surface area contributed by atoms with Crippen LogP contribution in [0.2, 0.25) is 0 Å². The minimum Gasteiger partial charge on any atom is -0.493 e. The van der Waals surface area contributed by atoms with E-state index < -0.39 is 11.6 Å². The van der Waals surface area contributed by atoms with E-state index in [4.69, 9.17) is 18.9 Å². The number of esters is 1. The SMILES string of the molecule is COc1ccc(C(=O)OC2CC(C)(O)C3CC4OC4(C)C3CC2C(C)C)cc1OC. The molecule has 1 aromatic carbocycles. The minimum atomic E-state index is -0.892. The number of methoxy groups -OCH3 is 2. The summed E-state index contributed by atoms with van der Waals surface area (Å²) in [6, 6.07) is 5.02.